The molecule has 8 nitrogen and oxygen atoms in total. The molecule has 0 unspecified atom stereocenters. The Morgan fingerprint density at radius 3 is 2.39 bits per heavy atom. The lowest BCUT2D eigenvalue weighted by Crippen LogP contribution is -2.54. The monoisotopic (exact) mass is 576 g/mol. The van der Waals surface area contributed by atoms with Crippen LogP contribution in [0.25, 0.3) is 6.08 Å². The fraction of sp³-hybridized carbons (Fsp3) is 0.172. The smallest absolute Gasteiger partial charge is 0.338 e. The van der Waals surface area contributed by atoms with Gasteiger partial charge in [-0.3, -0.25) is 14.9 Å². The first kappa shape index (κ1) is 26.8. The number of hydrogen-bond acceptors (Lipinski definition) is 6. The first-order valence-corrected chi connectivity index (χ1v) is 12.6. The number of aryl methyl sites for hydroxylation is 2. The molecule has 9 heteroatoms. The minimum absolute atomic E-state index is 0.194. The second-order valence-electron chi connectivity index (χ2n) is 8.61. The van der Waals surface area contributed by atoms with Crippen LogP contribution in [0.3, 0.4) is 0 Å². The van der Waals surface area contributed by atoms with E-state index in [0.29, 0.717) is 15.8 Å². The van der Waals surface area contributed by atoms with Crippen LogP contribution in [-0.2, 0) is 20.9 Å². The summed E-state index contributed by atoms with van der Waals surface area (Å²) in [6, 6.07) is 16.2. The van der Waals surface area contributed by atoms with E-state index in [1.807, 2.05) is 32.0 Å². The van der Waals surface area contributed by atoms with E-state index in [0.717, 1.165) is 16.0 Å². The molecule has 1 heterocycles. The number of nitrogens with one attached hydrogen (secondary N) is 1. The minimum Gasteiger partial charge on any atom is -0.488 e. The maximum absolute atomic E-state index is 13.3. The van der Waals surface area contributed by atoms with Gasteiger partial charge < -0.3 is 9.47 Å². The molecule has 4 rings (SSSR count). The quantitative estimate of drug-likeness (QED) is 0.227. The van der Waals surface area contributed by atoms with Crippen molar-refractivity contribution in [2.45, 2.75) is 27.4 Å². The number of urea groups is 1. The lowest BCUT2D eigenvalue weighted by atomic mass is 10.1. The summed E-state index contributed by atoms with van der Waals surface area (Å²) in [4.78, 5) is 51.4. The van der Waals surface area contributed by atoms with Gasteiger partial charge in [-0.2, -0.15) is 0 Å². The van der Waals surface area contributed by atoms with Gasteiger partial charge in [0.05, 0.1) is 17.9 Å². The summed E-state index contributed by atoms with van der Waals surface area (Å²) < 4.78 is 11.7. The number of hydrogen-bond donors (Lipinski definition) is 1. The second kappa shape index (κ2) is 11.4. The number of amides is 4. The molecule has 0 radical (unpaired) electrons. The Morgan fingerprint density at radius 2 is 1.71 bits per heavy atom. The lowest BCUT2D eigenvalue weighted by Gasteiger charge is -2.26. The molecule has 0 bridgehead atoms. The van der Waals surface area contributed by atoms with E-state index in [1.165, 1.54) is 35.9 Å². The van der Waals surface area contributed by atoms with Crippen LogP contribution in [0.5, 0.6) is 5.75 Å². The van der Waals surface area contributed by atoms with Crippen LogP contribution in [0.2, 0.25) is 0 Å². The number of ether oxygens (including phenoxy) is 2. The highest BCUT2D eigenvalue weighted by atomic mass is 79.9. The molecule has 0 atom stereocenters. The number of anilines is 1. The standard InChI is InChI=1S/C29H25BrN2O6/c1-4-37-28(35)20-7-10-23(11-8-20)32-27(34)24(26(33)31-29(32)36)15-21-14-22(30)9-12-25(21)38-16-19-6-5-17(2)18(3)13-19/h5-15H,4,16H2,1-3H3,(H,31,33,36)/b24-15+. The molecule has 3 aromatic rings. The molecular weight excluding hydrogens is 552 g/mol. The number of carbonyl (C=O) groups is 4. The maximum atomic E-state index is 13.3. The number of halogens is 1. The van der Waals surface area contributed by atoms with E-state index in [1.54, 1.807) is 25.1 Å². The number of nitrogens with zero attached hydrogens (tertiary/aromatic N) is 1. The van der Waals surface area contributed by atoms with Gasteiger partial charge >= 0.3 is 12.0 Å². The zero-order valence-electron chi connectivity index (χ0n) is 21.0. The van der Waals surface area contributed by atoms with Gasteiger partial charge in [0.25, 0.3) is 11.8 Å². The SMILES string of the molecule is CCOC(=O)c1ccc(N2C(=O)NC(=O)/C(=C\c3cc(Br)ccc3OCc3ccc(C)c(C)c3)C2=O)cc1. The molecule has 38 heavy (non-hydrogen) atoms. The molecule has 1 fully saturated rings. The van der Waals surface area contributed by atoms with Gasteiger partial charge in [0.2, 0.25) is 0 Å². The molecule has 1 saturated heterocycles. The molecule has 194 valence electrons. The van der Waals surface area contributed by atoms with Crippen molar-refractivity contribution >= 4 is 51.5 Å². The van der Waals surface area contributed by atoms with Gasteiger partial charge in [-0.05, 0) is 86.0 Å². The number of barbiturate groups is 1. The van der Waals surface area contributed by atoms with Gasteiger partial charge in [-0.1, -0.05) is 34.1 Å². The van der Waals surface area contributed by atoms with Gasteiger partial charge in [0.15, 0.2) is 0 Å². The number of imide groups is 2. The van der Waals surface area contributed by atoms with E-state index in [2.05, 4.69) is 21.2 Å². The number of carbonyl (C=O) groups excluding carboxylic acids is 4. The zero-order valence-corrected chi connectivity index (χ0v) is 22.6. The van der Waals surface area contributed by atoms with E-state index >= 15 is 0 Å². The van der Waals surface area contributed by atoms with E-state index in [-0.39, 0.29) is 30.0 Å². The summed E-state index contributed by atoms with van der Waals surface area (Å²) in [6.45, 7) is 6.26. The van der Waals surface area contributed by atoms with E-state index < -0.39 is 23.8 Å². The summed E-state index contributed by atoms with van der Waals surface area (Å²) in [5.74, 6) is -1.68. The zero-order chi connectivity index (χ0) is 27.4. The van der Waals surface area contributed by atoms with Crippen molar-refractivity contribution < 1.29 is 28.7 Å². The largest absolute Gasteiger partial charge is 0.488 e. The van der Waals surface area contributed by atoms with Crippen molar-refractivity contribution in [1.29, 1.82) is 0 Å². The topological polar surface area (TPSA) is 102 Å². The highest BCUT2D eigenvalue weighted by Crippen LogP contribution is 2.29. The normalized spacial score (nSPS) is 14.5. The number of rotatable bonds is 7. The molecule has 0 spiro atoms. The summed E-state index contributed by atoms with van der Waals surface area (Å²) in [7, 11) is 0. The first-order valence-electron chi connectivity index (χ1n) is 11.8. The maximum Gasteiger partial charge on any atom is 0.338 e. The van der Waals surface area contributed by atoms with Gasteiger partial charge in [0, 0.05) is 10.0 Å². The molecular formula is C29H25BrN2O6. The predicted octanol–water partition coefficient (Wildman–Crippen LogP) is 5.49. The number of esters is 1. The van der Waals surface area contributed by atoms with Crippen molar-refractivity contribution in [3.8, 4) is 5.75 Å². The van der Waals surface area contributed by atoms with Crippen molar-refractivity contribution in [1.82, 2.24) is 5.32 Å². The minimum atomic E-state index is -0.888. The van der Waals surface area contributed by atoms with Crippen LogP contribution in [0, 0.1) is 13.8 Å². The Kier molecular flexibility index (Phi) is 8.07. The molecule has 0 aliphatic carbocycles. The Hall–Kier alpha value is -4.24. The van der Waals surface area contributed by atoms with E-state index in [4.69, 9.17) is 9.47 Å². The van der Waals surface area contributed by atoms with Crippen molar-refractivity contribution in [2.75, 3.05) is 11.5 Å². The number of benzene rings is 3. The van der Waals surface area contributed by atoms with Crippen molar-refractivity contribution in [3.05, 3.63) is 98.5 Å². The molecule has 4 amide bonds. The average molecular weight is 577 g/mol. The van der Waals surface area contributed by atoms with Gasteiger partial charge in [-0.25, -0.2) is 14.5 Å². The summed E-state index contributed by atoms with van der Waals surface area (Å²) in [5.41, 5.74) is 4.01. The van der Waals surface area contributed by atoms with Crippen LogP contribution in [0.15, 0.2) is 70.7 Å². The Morgan fingerprint density at radius 1 is 0.974 bits per heavy atom. The molecule has 1 aliphatic rings. The highest BCUT2D eigenvalue weighted by molar-refractivity contribution is 9.10. The van der Waals surface area contributed by atoms with Crippen LogP contribution in [0.4, 0.5) is 10.5 Å². The fourth-order valence-corrected chi connectivity index (χ4v) is 4.21. The van der Waals surface area contributed by atoms with Gasteiger partial charge in [0.1, 0.15) is 17.9 Å². The molecule has 1 N–H and O–H groups in total. The van der Waals surface area contributed by atoms with Crippen LogP contribution in [0.1, 0.15) is 39.5 Å². The van der Waals surface area contributed by atoms with Crippen LogP contribution < -0.4 is 15.0 Å². The van der Waals surface area contributed by atoms with Crippen molar-refractivity contribution in [2.24, 2.45) is 0 Å². The second-order valence-corrected chi connectivity index (χ2v) is 9.53. The molecule has 1 aliphatic heterocycles. The van der Waals surface area contributed by atoms with Crippen LogP contribution in [-0.4, -0.2) is 30.4 Å². The van der Waals surface area contributed by atoms with Crippen molar-refractivity contribution in [3.63, 3.8) is 0 Å². The third kappa shape index (κ3) is 5.84. The molecule has 0 saturated carbocycles. The van der Waals surface area contributed by atoms with Gasteiger partial charge in [-0.15, -0.1) is 0 Å². The third-order valence-electron chi connectivity index (χ3n) is 5.98. The average Bonchev–Trinajstić information content (AvgIpc) is 2.88. The van der Waals surface area contributed by atoms with E-state index in [9.17, 15) is 19.2 Å². The third-order valence-corrected chi connectivity index (χ3v) is 6.47. The fourth-order valence-electron chi connectivity index (χ4n) is 3.83. The Balaban J connectivity index is 1.63. The predicted molar refractivity (Wildman–Crippen MR) is 146 cm³/mol. The molecule has 0 aromatic heterocycles. The summed E-state index contributed by atoms with van der Waals surface area (Å²) in [5, 5.41) is 2.20. The molecule has 3 aromatic carbocycles. The summed E-state index contributed by atoms with van der Waals surface area (Å²) in [6.07, 6.45) is 1.39. The highest BCUT2D eigenvalue weighted by Gasteiger charge is 2.37. The van der Waals surface area contributed by atoms with Crippen LogP contribution >= 0.6 is 15.9 Å². The Labute approximate surface area is 228 Å². The lowest BCUT2D eigenvalue weighted by molar-refractivity contribution is -0.122. The first-order chi connectivity index (χ1) is 18.2. The summed E-state index contributed by atoms with van der Waals surface area (Å²) >= 11 is 3.42. The Bertz CT molecular complexity index is 1460.